The summed E-state index contributed by atoms with van der Waals surface area (Å²) in [6, 6.07) is 12.3. The molecule has 3 heteroatoms. The van der Waals surface area contributed by atoms with Crippen molar-refractivity contribution in [2.75, 3.05) is 17.2 Å². The number of anilines is 3. The molecule has 2 rings (SSSR count). The van der Waals surface area contributed by atoms with Crippen molar-refractivity contribution in [3.8, 4) is 0 Å². The Bertz CT molecular complexity index is 509. The molecule has 2 N–H and O–H groups in total. The van der Waals surface area contributed by atoms with Gasteiger partial charge in [0, 0.05) is 30.2 Å². The van der Waals surface area contributed by atoms with Crippen molar-refractivity contribution in [2.24, 2.45) is 0 Å². The van der Waals surface area contributed by atoms with Crippen LogP contribution in [0.25, 0.3) is 0 Å². The number of hydrogen-bond acceptors (Lipinski definition) is 3. The molecule has 0 amide bonds. The highest BCUT2D eigenvalue weighted by Crippen LogP contribution is 2.21. The Balaban J connectivity index is 2.12. The largest absolute Gasteiger partial charge is 0.370 e. The van der Waals surface area contributed by atoms with Gasteiger partial charge in [-0.2, -0.15) is 0 Å². The molecule has 18 heavy (non-hydrogen) atoms. The molecule has 1 aromatic heterocycles. The molecular formula is C15H19N3. The van der Waals surface area contributed by atoms with Crippen LogP contribution in [0.2, 0.25) is 0 Å². The van der Waals surface area contributed by atoms with Gasteiger partial charge in [-0.15, -0.1) is 0 Å². The molecule has 94 valence electrons. The average molecular weight is 241 g/mol. The summed E-state index contributed by atoms with van der Waals surface area (Å²) < 4.78 is 0. The molecular weight excluding hydrogens is 222 g/mol. The third kappa shape index (κ3) is 3.23. The molecule has 0 fully saturated rings. The van der Waals surface area contributed by atoms with Crippen molar-refractivity contribution < 1.29 is 0 Å². The summed E-state index contributed by atoms with van der Waals surface area (Å²) in [4.78, 5) is 4.29. The molecule has 1 heterocycles. The molecule has 2 aromatic rings. The minimum atomic E-state index is 0.912. The number of aromatic nitrogens is 1. The van der Waals surface area contributed by atoms with Crippen molar-refractivity contribution >= 4 is 17.2 Å². The topological polar surface area (TPSA) is 37.0 Å². The van der Waals surface area contributed by atoms with Gasteiger partial charge >= 0.3 is 0 Å². The summed E-state index contributed by atoms with van der Waals surface area (Å²) in [6.45, 7) is 5.18. The second-order valence-electron chi connectivity index (χ2n) is 4.30. The summed E-state index contributed by atoms with van der Waals surface area (Å²) in [5, 5.41) is 6.69. The van der Waals surface area contributed by atoms with Crippen LogP contribution in [-0.4, -0.2) is 11.5 Å². The van der Waals surface area contributed by atoms with Crippen molar-refractivity contribution in [1.29, 1.82) is 0 Å². The Labute approximate surface area is 108 Å². The zero-order valence-corrected chi connectivity index (χ0v) is 10.9. The first kappa shape index (κ1) is 12.4. The Morgan fingerprint density at radius 3 is 2.78 bits per heavy atom. The smallest absolute Gasteiger partial charge is 0.127 e. The lowest BCUT2D eigenvalue weighted by Crippen LogP contribution is -2.02. The molecule has 0 atom stereocenters. The number of hydrogen-bond donors (Lipinski definition) is 2. The number of aryl methyl sites for hydroxylation is 1. The zero-order valence-electron chi connectivity index (χ0n) is 10.9. The summed E-state index contributed by atoms with van der Waals surface area (Å²) in [7, 11) is 0. The van der Waals surface area contributed by atoms with E-state index in [9.17, 15) is 0 Å². The number of nitrogens with zero attached hydrogens (tertiary/aromatic N) is 1. The van der Waals surface area contributed by atoms with Crippen LogP contribution in [0.5, 0.6) is 0 Å². The molecule has 0 spiro atoms. The normalized spacial score (nSPS) is 10.1. The molecule has 0 saturated heterocycles. The first-order valence-electron chi connectivity index (χ1n) is 6.32. The Hall–Kier alpha value is -2.03. The fourth-order valence-electron chi connectivity index (χ4n) is 1.73. The van der Waals surface area contributed by atoms with E-state index in [-0.39, 0.29) is 0 Å². The van der Waals surface area contributed by atoms with Crippen LogP contribution in [0.1, 0.15) is 18.9 Å². The van der Waals surface area contributed by atoms with Gasteiger partial charge in [0.25, 0.3) is 0 Å². The Kier molecular flexibility index (Phi) is 4.18. The molecule has 0 bridgehead atoms. The number of nitrogens with one attached hydrogen (secondary N) is 2. The fraction of sp³-hybridized carbons (Fsp3) is 0.267. The van der Waals surface area contributed by atoms with Crippen LogP contribution in [0.15, 0.2) is 42.6 Å². The van der Waals surface area contributed by atoms with Crippen molar-refractivity contribution in [2.45, 2.75) is 20.3 Å². The molecule has 0 aliphatic heterocycles. The average Bonchev–Trinajstić information content (AvgIpc) is 2.40. The van der Waals surface area contributed by atoms with Gasteiger partial charge in [-0.05, 0) is 31.0 Å². The third-order valence-electron chi connectivity index (χ3n) is 2.74. The van der Waals surface area contributed by atoms with Crippen LogP contribution < -0.4 is 10.6 Å². The van der Waals surface area contributed by atoms with Gasteiger partial charge in [-0.25, -0.2) is 4.98 Å². The lowest BCUT2D eigenvalue weighted by Gasteiger charge is -2.10. The third-order valence-corrected chi connectivity index (χ3v) is 2.74. The first-order valence-corrected chi connectivity index (χ1v) is 6.32. The molecule has 1 aromatic carbocycles. The van der Waals surface area contributed by atoms with E-state index in [4.69, 9.17) is 0 Å². The Morgan fingerprint density at radius 2 is 2.00 bits per heavy atom. The highest BCUT2D eigenvalue weighted by molar-refractivity contribution is 5.64. The minimum Gasteiger partial charge on any atom is -0.370 e. The molecule has 0 radical (unpaired) electrons. The summed E-state index contributed by atoms with van der Waals surface area (Å²) in [5.74, 6) is 0.912. The minimum absolute atomic E-state index is 0.912. The first-order chi connectivity index (χ1) is 8.79. The number of benzene rings is 1. The zero-order chi connectivity index (χ0) is 12.8. The second-order valence-corrected chi connectivity index (χ2v) is 4.30. The molecule has 0 aliphatic rings. The quantitative estimate of drug-likeness (QED) is 0.832. The number of para-hydroxylation sites is 1. The Morgan fingerprint density at radius 1 is 1.17 bits per heavy atom. The van der Waals surface area contributed by atoms with Crippen molar-refractivity contribution in [3.63, 3.8) is 0 Å². The van der Waals surface area contributed by atoms with E-state index in [1.807, 2.05) is 30.5 Å². The molecule has 3 nitrogen and oxygen atoms in total. The van der Waals surface area contributed by atoms with Crippen LogP contribution in [0.3, 0.4) is 0 Å². The lowest BCUT2D eigenvalue weighted by atomic mass is 10.2. The van der Waals surface area contributed by atoms with Gasteiger partial charge in [0.15, 0.2) is 0 Å². The predicted molar refractivity (Wildman–Crippen MR) is 77.5 cm³/mol. The second kappa shape index (κ2) is 6.05. The molecule has 0 saturated carbocycles. The summed E-state index contributed by atoms with van der Waals surface area (Å²) in [6.07, 6.45) is 2.91. The van der Waals surface area contributed by atoms with Crippen LogP contribution in [0.4, 0.5) is 17.2 Å². The summed E-state index contributed by atoms with van der Waals surface area (Å²) in [5.41, 5.74) is 3.42. The lowest BCUT2D eigenvalue weighted by molar-refractivity contribution is 0.969. The van der Waals surface area contributed by atoms with E-state index in [2.05, 4.69) is 41.6 Å². The predicted octanol–water partition coefficient (Wildman–Crippen LogP) is 3.96. The summed E-state index contributed by atoms with van der Waals surface area (Å²) >= 11 is 0. The maximum absolute atomic E-state index is 4.29. The SMILES string of the molecule is CCCNc1cc(Nc2ccccc2C)ccn1. The van der Waals surface area contributed by atoms with Gasteiger partial charge in [-0.3, -0.25) is 0 Å². The van der Waals surface area contributed by atoms with Gasteiger partial charge in [0.1, 0.15) is 5.82 Å². The van der Waals surface area contributed by atoms with E-state index < -0.39 is 0 Å². The van der Waals surface area contributed by atoms with E-state index in [0.29, 0.717) is 0 Å². The van der Waals surface area contributed by atoms with Gasteiger partial charge in [0.05, 0.1) is 0 Å². The number of pyridine rings is 1. The van der Waals surface area contributed by atoms with Gasteiger partial charge < -0.3 is 10.6 Å². The van der Waals surface area contributed by atoms with E-state index >= 15 is 0 Å². The van der Waals surface area contributed by atoms with E-state index in [1.54, 1.807) is 0 Å². The highest BCUT2D eigenvalue weighted by Gasteiger charge is 1.99. The van der Waals surface area contributed by atoms with Crippen molar-refractivity contribution in [3.05, 3.63) is 48.2 Å². The van der Waals surface area contributed by atoms with Crippen molar-refractivity contribution in [1.82, 2.24) is 4.98 Å². The maximum Gasteiger partial charge on any atom is 0.127 e. The monoisotopic (exact) mass is 241 g/mol. The van der Waals surface area contributed by atoms with Crippen LogP contribution in [0, 0.1) is 6.92 Å². The highest BCUT2D eigenvalue weighted by atomic mass is 15.0. The van der Waals surface area contributed by atoms with E-state index in [0.717, 1.165) is 30.2 Å². The van der Waals surface area contributed by atoms with Gasteiger partial charge in [-0.1, -0.05) is 25.1 Å². The maximum atomic E-state index is 4.29. The van der Waals surface area contributed by atoms with Crippen LogP contribution >= 0.6 is 0 Å². The standard InChI is InChI=1S/C15H19N3/c1-3-9-16-15-11-13(8-10-17-15)18-14-7-5-4-6-12(14)2/h4-8,10-11H,3,9H2,1-2H3,(H2,16,17,18). The molecule has 0 aliphatic carbocycles. The number of rotatable bonds is 5. The fourth-order valence-corrected chi connectivity index (χ4v) is 1.73. The van der Waals surface area contributed by atoms with E-state index in [1.165, 1.54) is 5.56 Å². The van der Waals surface area contributed by atoms with Crippen LogP contribution in [-0.2, 0) is 0 Å². The van der Waals surface area contributed by atoms with Gasteiger partial charge in [0.2, 0.25) is 0 Å². The molecule has 0 unspecified atom stereocenters.